The van der Waals surface area contributed by atoms with Crippen molar-refractivity contribution in [2.24, 2.45) is 0 Å². The summed E-state index contributed by atoms with van der Waals surface area (Å²) in [5.74, 6) is -1.54. The summed E-state index contributed by atoms with van der Waals surface area (Å²) < 4.78 is 5.14. The predicted octanol–water partition coefficient (Wildman–Crippen LogP) is 2.30. The number of hydrazine groups is 1. The zero-order chi connectivity index (χ0) is 20.6. The summed E-state index contributed by atoms with van der Waals surface area (Å²) in [7, 11) is 0. The molecular formula is C21H17N3O5. The van der Waals surface area contributed by atoms with E-state index in [9.17, 15) is 19.2 Å². The molecule has 1 fully saturated rings. The van der Waals surface area contributed by atoms with Crippen LogP contribution in [-0.4, -0.2) is 22.9 Å². The second kappa shape index (κ2) is 6.90. The molecule has 1 aliphatic heterocycles. The van der Waals surface area contributed by atoms with E-state index in [0.717, 1.165) is 0 Å². The van der Waals surface area contributed by atoms with Gasteiger partial charge in [-0.1, -0.05) is 55.5 Å². The number of benzene rings is 2. The van der Waals surface area contributed by atoms with Crippen molar-refractivity contribution in [2.75, 3.05) is 0 Å². The summed E-state index contributed by atoms with van der Waals surface area (Å²) in [6.07, 6.45) is 0.284. The van der Waals surface area contributed by atoms with Gasteiger partial charge in [-0.2, -0.15) is 5.01 Å². The standard InChI is InChI=1S/C21H17N3O5/c1-2-21(14-9-4-3-5-10-14)19(27)24(20(28)22-21)23-17(25)15-12-13-8-6-7-11-16(13)29-18(15)26/h3-12H,2H2,1H3,(H,22,28)(H,23,25)/t21-/m1/s1. The Morgan fingerprint density at radius 3 is 2.48 bits per heavy atom. The highest BCUT2D eigenvalue weighted by Gasteiger charge is 2.52. The fraction of sp³-hybridized carbons (Fsp3) is 0.143. The summed E-state index contributed by atoms with van der Waals surface area (Å²) in [5, 5.41) is 3.80. The number of fused-ring (bicyclic) bond motifs is 1. The molecule has 4 rings (SSSR count). The molecule has 1 atom stereocenters. The maximum absolute atomic E-state index is 13.1. The maximum Gasteiger partial charge on any atom is 0.349 e. The molecule has 29 heavy (non-hydrogen) atoms. The van der Waals surface area contributed by atoms with Gasteiger partial charge in [0.25, 0.3) is 11.8 Å². The Hall–Kier alpha value is -3.94. The summed E-state index contributed by atoms with van der Waals surface area (Å²) in [4.78, 5) is 50.4. The largest absolute Gasteiger partial charge is 0.422 e. The lowest BCUT2D eigenvalue weighted by Gasteiger charge is -2.25. The second-order valence-electron chi connectivity index (χ2n) is 6.62. The molecule has 1 saturated heterocycles. The minimum Gasteiger partial charge on any atom is -0.422 e. The molecule has 0 radical (unpaired) electrons. The SMILES string of the molecule is CC[C@]1(c2ccccc2)NC(=O)N(NC(=O)c2cc3ccccc3oc2=O)C1=O. The van der Waals surface area contributed by atoms with E-state index >= 15 is 0 Å². The van der Waals surface area contributed by atoms with Gasteiger partial charge in [0.15, 0.2) is 0 Å². The van der Waals surface area contributed by atoms with E-state index in [1.165, 1.54) is 6.07 Å². The van der Waals surface area contributed by atoms with Gasteiger partial charge in [0.1, 0.15) is 16.7 Å². The Labute approximate surface area is 165 Å². The first-order valence-electron chi connectivity index (χ1n) is 9.02. The minimum absolute atomic E-state index is 0.284. The highest BCUT2D eigenvalue weighted by molar-refractivity contribution is 6.09. The van der Waals surface area contributed by atoms with Crippen LogP contribution < -0.4 is 16.4 Å². The van der Waals surface area contributed by atoms with E-state index in [0.29, 0.717) is 21.5 Å². The van der Waals surface area contributed by atoms with E-state index in [-0.39, 0.29) is 12.0 Å². The normalized spacial score (nSPS) is 18.7. The lowest BCUT2D eigenvalue weighted by Crippen LogP contribution is -2.49. The third-order valence-electron chi connectivity index (χ3n) is 4.99. The number of imide groups is 1. The van der Waals surface area contributed by atoms with E-state index in [1.807, 2.05) is 0 Å². The smallest absolute Gasteiger partial charge is 0.349 e. The van der Waals surface area contributed by atoms with Crippen LogP contribution in [0.15, 0.2) is 69.9 Å². The van der Waals surface area contributed by atoms with Crippen LogP contribution in [0.2, 0.25) is 0 Å². The zero-order valence-electron chi connectivity index (χ0n) is 15.5. The van der Waals surface area contributed by atoms with Crippen LogP contribution in [-0.2, 0) is 10.3 Å². The van der Waals surface area contributed by atoms with Crippen LogP contribution in [0.5, 0.6) is 0 Å². The fourth-order valence-corrected chi connectivity index (χ4v) is 3.42. The minimum atomic E-state index is -1.29. The number of amides is 4. The molecule has 0 saturated carbocycles. The first-order chi connectivity index (χ1) is 14.0. The summed E-state index contributed by atoms with van der Waals surface area (Å²) in [6.45, 7) is 1.76. The molecule has 4 amide bonds. The number of hydrogen-bond acceptors (Lipinski definition) is 5. The van der Waals surface area contributed by atoms with Crippen LogP contribution in [0.25, 0.3) is 11.0 Å². The van der Waals surface area contributed by atoms with Crippen molar-refractivity contribution < 1.29 is 18.8 Å². The average Bonchev–Trinajstić information content (AvgIpc) is 2.99. The Balaban J connectivity index is 1.65. The van der Waals surface area contributed by atoms with Gasteiger partial charge in [0.05, 0.1) is 0 Å². The van der Waals surface area contributed by atoms with Gasteiger partial charge in [-0.25, -0.2) is 9.59 Å². The number of hydrogen-bond donors (Lipinski definition) is 2. The van der Waals surface area contributed by atoms with Gasteiger partial charge >= 0.3 is 11.7 Å². The van der Waals surface area contributed by atoms with Crippen LogP contribution >= 0.6 is 0 Å². The van der Waals surface area contributed by atoms with E-state index in [1.54, 1.807) is 61.5 Å². The molecule has 0 unspecified atom stereocenters. The number of nitrogens with zero attached hydrogens (tertiary/aromatic N) is 1. The van der Waals surface area contributed by atoms with Gasteiger partial charge in [0.2, 0.25) is 0 Å². The lowest BCUT2D eigenvalue weighted by atomic mass is 9.87. The maximum atomic E-state index is 13.1. The van der Waals surface area contributed by atoms with Crippen molar-refractivity contribution >= 4 is 28.8 Å². The molecule has 1 aromatic heterocycles. The van der Waals surface area contributed by atoms with Crippen molar-refractivity contribution in [3.63, 3.8) is 0 Å². The first kappa shape index (κ1) is 18.4. The second-order valence-corrected chi connectivity index (χ2v) is 6.62. The molecule has 1 aliphatic rings. The Kier molecular flexibility index (Phi) is 4.38. The molecule has 3 aromatic rings. The molecule has 2 N–H and O–H groups in total. The highest BCUT2D eigenvalue weighted by atomic mass is 16.4. The third kappa shape index (κ3) is 2.94. The summed E-state index contributed by atoms with van der Waals surface area (Å²) in [5.41, 5.74) is 0.701. The average molecular weight is 391 g/mol. The van der Waals surface area contributed by atoms with Crippen LogP contribution in [0.3, 0.4) is 0 Å². The Morgan fingerprint density at radius 1 is 1.07 bits per heavy atom. The molecule has 0 bridgehead atoms. The Bertz CT molecular complexity index is 1190. The van der Waals surface area contributed by atoms with E-state index < -0.39 is 29.0 Å². The van der Waals surface area contributed by atoms with Crippen molar-refractivity contribution in [3.05, 3.63) is 82.2 Å². The molecule has 8 nitrogen and oxygen atoms in total. The molecule has 8 heteroatoms. The van der Waals surface area contributed by atoms with Gasteiger partial charge in [-0.3, -0.25) is 15.0 Å². The molecule has 0 aliphatic carbocycles. The number of para-hydroxylation sites is 1. The van der Waals surface area contributed by atoms with Gasteiger partial charge in [-0.05, 0) is 24.1 Å². The van der Waals surface area contributed by atoms with Crippen LogP contribution in [0.4, 0.5) is 4.79 Å². The summed E-state index contributed by atoms with van der Waals surface area (Å²) in [6, 6.07) is 16.1. The first-order valence-corrected chi connectivity index (χ1v) is 9.02. The van der Waals surface area contributed by atoms with E-state index in [4.69, 9.17) is 4.42 Å². The fourth-order valence-electron chi connectivity index (χ4n) is 3.42. The van der Waals surface area contributed by atoms with Crippen molar-refractivity contribution in [1.29, 1.82) is 0 Å². The molecule has 0 spiro atoms. The zero-order valence-corrected chi connectivity index (χ0v) is 15.5. The van der Waals surface area contributed by atoms with Gasteiger partial charge in [-0.15, -0.1) is 0 Å². The Morgan fingerprint density at radius 2 is 1.76 bits per heavy atom. The monoisotopic (exact) mass is 391 g/mol. The predicted molar refractivity (Wildman–Crippen MR) is 104 cm³/mol. The highest BCUT2D eigenvalue weighted by Crippen LogP contribution is 2.31. The van der Waals surface area contributed by atoms with Crippen LogP contribution in [0, 0.1) is 0 Å². The molecular weight excluding hydrogens is 374 g/mol. The number of rotatable bonds is 4. The molecule has 2 aromatic carbocycles. The van der Waals surface area contributed by atoms with Crippen molar-refractivity contribution in [2.45, 2.75) is 18.9 Å². The van der Waals surface area contributed by atoms with E-state index in [2.05, 4.69) is 10.7 Å². The van der Waals surface area contributed by atoms with Gasteiger partial charge in [0, 0.05) is 5.39 Å². The molecule has 146 valence electrons. The van der Waals surface area contributed by atoms with Gasteiger partial charge < -0.3 is 9.73 Å². The van der Waals surface area contributed by atoms with Crippen LogP contribution in [0.1, 0.15) is 29.3 Å². The quantitative estimate of drug-likeness (QED) is 0.524. The number of urea groups is 1. The molecule has 2 heterocycles. The number of nitrogens with one attached hydrogen (secondary N) is 2. The third-order valence-corrected chi connectivity index (χ3v) is 4.99. The summed E-state index contributed by atoms with van der Waals surface area (Å²) >= 11 is 0. The topological polar surface area (TPSA) is 109 Å². The van der Waals surface area contributed by atoms with Crippen molar-refractivity contribution in [3.8, 4) is 0 Å². The van der Waals surface area contributed by atoms with Crippen molar-refractivity contribution in [1.82, 2.24) is 15.8 Å². The number of carbonyl (C=O) groups excluding carboxylic acids is 3. The number of carbonyl (C=O) groups is 3. The lowest BCUT2D eigenvalue weighted by molar-refractivity contribution is -0.133.